The number of thioether (sulfide) groups is 1. The molecule has 0 spiro atoms. The molecule has 1 aromatic rings. The molecule has 0 aliphatic carbocycles. The van der Waals surface area contributed by atoms with Crippen LogP contribution in [0.15, 0.2) is 23.4 Å². The van der Waals surface area contributed by atoms with E-state index in [4.69, 9.17) is 0 Å². The maximum absolute atomic E-state index is 4.59. The van der Waals surface area contributed by atoms with Crippen molar-refractivity contribution >= 4 is 11.8 Å². The number of hydrogen-bond acceptors (Lipinski definition) is 3. The van der Waals surface area contributed by atoms with E-state index in [1.165, 1.54) is 50.8 Å². The van der Waals surface area contributed by atoms with Gasteiger partial charge in [-0.3, -0.25) is 4.90 Å². The molecule has 2 rings (SSSR count). The molecule has 1 fully saturated rings. The van der Waals surface area contributed by atoms with Crippen molar-refractivity contribution in [2.75, 3.05) is 18.8 Å². The fourth-order valence-corrected chi connectivity index (χ4v) is 3.41. The minimum atomic E-state index is 0.605. The van der Waals surface area contributed by atoms with E-state index in [0.717, 1.165) is 10.8 Å². The Labute approximate surface area is 122 Å². The molecule has 19 heavy (non-hydrogen) atoms. The summed E-state index contributed by atoms with van der Waals surface area (Å²) >= 11 is 1.82. The first-order chi connectivity index (χ1) is 9.35. The van der Waals surface area contributed by atoms with Crippen LogP contribution >= 0.6 is 11.8 Å². The number of nitrogens with zero attached hydrogens (tertiary/aromatic N) is 2. The smallest absolute Gasteiger partial charge is 0.0959 e. The maximum Gasteiger partial charge on any atom is 0.0959 e. The molecule has 0 bridgehead atoms. The van der Waals surface area contributed by atoms with Gasteiger partial charge >= 0.3 is 0 Å². The van der Waals surface area contributed by atoms with E-state index < -0.39 is 0 Å². The van der Waals surface area contributed by atoms with Crippen LogP contribution in [0.1, 0.15) is 57.6 Å². The molecule has 0 unspecified atom stereocenters. The highest BCUT2D eigenvalue weighted by Crippen LogP contribution is 2.31. The van der Waals surface area contributed by atoms with Crippen molar-refractivity contribution in [2.24, 2.45) is 0 Å². The summed E-state index contributed by atoms with van der Waals surface area (Å²) in [4.78, 5) is 7.26. The second-order valence-electron chi connectivity index (χ2n) is 5.26. The van der Waals surface area contributed by atoms with Gasteiger partial charge < -0.3 is 0 Å². The summed E-state index contributed by atoms with van der Waals surface area (Å²) in [7, 11) is 0. The molecule has 3 heteroatoms. The topological polar surface area (TPSA) is 16.1 Å². The first-order valence-corrected chi connectivity index (χ1v) is 8.66. The van der Waals surface area contributed by atoms with Crippen LogP contribution in [0.2, 0.25) is 0 Å². The summed E-state index contributed by atoms with van der Waals surface area (Å²) in [6.07, 6.45) is 8.72. The van der Waals surface area contributed by atoms with Gasteiger partial charge in [-0.2, -0.15) is 0 Å². The minimum Gasteiger partial charge on any atom is -0.296 e. The zero-order valence-electron chi connectivity index (χ0n) is 12.3. The molecular formula is C16H26N2S. The van der Waals surface area contributed by atoms with E-state index in [2.05, 4.69) is 42.1 Å². The van der Waals surface area contributed by atoms with Crippen LogP contribution in [-0.4, -0.2) is 28.7 Å². The predicted molar refractivity (Wildman–Crippen MR) is 83.7 cm³/mol. The van der Waals surface area contributed by atoms with E-state index >= 15 is 0 Å². The average Bonchev–Trinajstić information content (AvgIpc) is 2.47. The van der Waals surface area contributed by atoms with Crippen LogP contribution in [0, 0.1) is 0 Å². The second kappa shape index (κ2) is 7.91. The molecule has 0 amide bonds. The van der Waals surface area contributed by atoms with Gasteiger partial charge in [-0.25, -0.2) is 4.98 Å². The van der Waals surface area contributed by atoms with Crippen LogP contribution in [0.4, 0.5) is 0 Å². The summed E-state index contributed by atoms with van der Waals surface area (Å²) in [5.74, 6) is 1.10. The number of rotatable bonds is 6. The van der Waals surface area contributed by atoms with E-state index in [9.17, 15) is 0 Å². The third-order valence-corrected chi connectivity index (χ3v) is 4.67. The summed E-state index contributed by atoms with van der Waals surface area (Å²) in [5.41, 5.74) is 1.41. The van der Waals surface area contributed by atoms with E-state index in [1.807, 2.05) is 11.8 Å². The Hall–Kier alpha value is -0.540. The molecule has 0 saturated carbocycles. The number of piperidine rings is 1. The summed E-state index contributed by atoms with van der Waals surface area (Å²) in [6, 6.07) is 5.09. The lowest BCUT2D eigenvalue weighted by Gasteiger charge is -2.35. The van der Waals surface area contributed by atoms with Gasteiger partial charge in [0.1, 0.15) is 0 Å². The Morgan fingerprint density at radius 2 is 2.21 bits per heavy atom. The van der Waals surface area contributed by atoms with Gasteiger partial charge in [-0.15, -0.1) is 11.8 Å². The summed E-state index contributed by atoms with van der Waals surface area (Å²) in [5, 5.41) is 1.15. The maximum atomic E-state index is 4.59. The zero-order valence-corrected chi connectivity index (χ0v) is 13.1. The molecule has 1 aromatic heterocycles. The molecular weight excluding hydrogens is 252 g/mol. The van der Waals surface area contributed by atoms with Crippen LogP contribution < -0.4 is 0 Å². The zero-order chi connectivity index (χ0) is 13.5. The van der Waals surface area contributed by atoms with Gasteiger partial charge in [-0.1, -0.05) is 32.8 Å². The van der Waals surface area contributed by atoms with E-state index in [1.54, 1.807) is 0 Å². The molecule has 2 heterocycles. The monoisotopic (exact) mass is 278 g/mol. The Bertz CT molecular complexity index is 364. The third-order valence-electron chi connectivity index (χ3n) is 3.85. The highest BCUT2D eigenvalue weighted by atomic mass is 32.2. The van der Waals surface area contributed by atoms with Gasteiger partial charge in [0, 0.05) is 12.2 Å². The Kier molecular flexibility index (Phi) is 6.18. The van der Waals surface area contributed by atoms with Gasteiger partial charge in [0.2, 0.25) is 0 Å². The molecule has 1 aliphatic heterocycles. The number of unbranched alkanes of at least 4 members (excludes halogenated alkanes) is 1. The Morgan fingerprint density at radius 3 is 2.89 bits per heavy atom. The van der Waals surface area contributed by atoms with Crippen molar-refractivity contribution in [1.29, 1.82) is 0 Å². The van der Waals surface area contributed by atoms with Crippen LogP contribution in [0.5, 0.6) is 0 Å². The normalized spacial score (nSPS) is 20.6. The Balaban J connectivity index is 2.03. The summed E-state index contributed by atoms with van der Waals surface area (Å²) in [6.45, 7) is 6.95. The minimum absolute atomic E-state index is 0.605. The highest BCUT2D eigenvalue weighted by Gasteiger charge is 2.23. The molecule has 0 N–H and O–H groups in total. The number of aromatic nitrogens is 1. The lowest BCUT2D eigenvalue weighted by molar-refractivity contribution is 0.146. The lowest BCUT2D eigenvalue weighted by Crippen LogP contribution is -2.34. The summed E-state index contributed by atoms with van der Waals surface area (Å²) < 4.78 is 0. The molecule has 2 nitrogen and oxygen atoms in total. The number of pyridine rings is 1. The van der Waals surface area contributed by atoms with Crippen molar-refractivity contribution in [3.8, 4) is 0 Å². The quantitative estimate of drug-likeness (QED) is 0.712. The van der Waals surface area contributed by atoms with Gasteiger partial charge in [-0.05, 0) is 49.7 Å². The van der Waals surface area contributed by atoms with Gasteiger partial charge in [0.15, 0.2) is 0 Å². The van der Waals surface area contributed by atoms with E-state index in [0.29, 0.717) is 6.04 Å². The molecule has 1 saturated heterocycles. The molecule has 1 atom stereocenters. The van der Waals surface area contributed by atoms with Crippen LogP contribution in [0.25, 0.3) is 0 Å². The standard InChI is InChI=1S/C16H26N2S/c1-3-5-11-18-12-7-6-8-15(18)14-9-10-16(17-13-14)19-4-2/h9-10,13,15H,3-8,11-12H2,1-2H3/t15-/m1/s1. The third kappa shape index (κ3) is 4.22. The molecule has 106 valence electrons. The molecule has 0 radical (unpaired) electrons. The van der Waals surface area contributed by atoms with Crippen molar-refractivity contribution in [3.63, 3.8) is 0 Å². The van der Waals surface area contributed by atoms with Crippen molar-refractivity contribution in [2.45, 2.75) is 57.0 Å². The second-order valence-corrected chi connectivity index (χ2v) is 6.55. The lowest BCUT2D eigenvalue weighted by atomic mass is 9.96. The van der Waals surface area contributed by atoms with Crippen molar-refractivity contribution in [1.82, 2.24) is 9.88 Å². The Morgan fingerprint density at radius 1 is 1.32 bits per heavy atom. The van der Waals surface area contributed by atoms with Crippen LogP contribution in [0.3, 0.4) is 0 Å². The largest absolute Gasteiger partial charge is 0.296 e. The fraction of sp³-hybridized carbons (Fsp3) is 0.688. The van der Waals surface area contributed by atoms with E-state index in [-0.39, 0.29) is 0 Å². The van der Waals surface area contributed by atoms with Crippen molar-refractivity contribution < 1.29 is 0 Å². The number of likely N-dealkylation sites (tertiary alicyclic amines) is 1. The highest BCUT2D eigenvalue weighted by molar-refractivity contribution is 7.99. The fourth-order valence-electron chi connectivity index (χ4n) is 2.82. The predicted octanol–water partition coefficient (Wildman–Crippen LogP) is 4.52. The van der Waals surface area contributed by atoms with Gasteiger partial charge in [0.25, 0.3) is 0 Å². The number of hydrogen-bond donors (Lipinski definition) is 0. The van der Waals surface area contributed by atoms with Crippen molar-refractivity contribution in [3.05, 3.63) is 23.9 Å². The molecule has 1 aliphatic rings. The SMILES string of the molecule is CCCCN1CCCC[C@@H]1c1ccc(SCC)nc1. The van der Waals surface area contributed by atoms with Gasteiger partial charge in [0.05, 0.1) is 5.03 Å². The first-order valence-electron chi connectivity index (χ1n) is 7.68. The first kappa shape index (κ1) is 14.9. The average molecular weight is 278 g/mol. The van der Waals surface area contributed by atoms with Crippen LogP contribution in [-0.2, 0) is 0 Å². The molecule has 0 aromatic carbocycles.